The molecule has 2 aromatic heterocycles. The first-order valence-corrected chi connectivity index (χ1v) is 18.2. The van der Waals surface area contributed by atoms with Crippen LogP contribution in [0.15, 0.2) is 64.2 Å². The fourth-order valence-corrected chi connectivity index (χ4v) is 7.31. The van der Waals surface area contributed by atoms with E-state index in [1.165, 1.54) is 4.90 Å². The van der Waals surface area contributed by atoms with Crippen molar-refractivity contribution in [2.24, 2.45) is 17.6 Å². The van der Waals surface area contributed by atoms with E-state index in [9.17, 15) is 24.0 Å². The van der Waals surface area contributed by atoms with Crippen LogP contribution in [0.3, 0.4) is 0 Å². The SMILES string of the molecule is Cc1cc2c(=O)n(C(C)C)[nH]c2cc1-c1ccc(C[C@@H](C(N)=O)N(c2ccc3[nH]c(=O)[nH]c3c2)C(=O)[C@H]2CC[C@H](CNC(=O)OC(C)(C)C)CC2)cc1. The smallest absolute Gasteiger partial charge is 0.407 e. The van der Waals surface area contributed by atoms with E-state index in [2.05, 4.69) is 20.4 Å². The summed E-state index contributed by atoms with van der Waals surface area (Å²) in [5.41, 5.74) is 11.0. The maximum atomic E-state index is 14.5. The van der Waals surface area contributed by atoms with Crippen molar-refractivity contribution in [3.63, 3.8) is 0 Å². The Hall–Kier alpha value is -5.59. The number of aromatic amines is 3. The molecule has 0 unspecified atom stereocenters. The van der Waals surface area contributed by atoms with E-state index in [-0.39, 0.29) is 41.5 Å². The normalized spacial score (nSPS) is 16.9. The third-order valence-corrected chi connectivity index (χ3v) is 10.1. The summed E-state index contributed by atoms with van der Waals surface area (Å²) < 4.78 is 6.99. The van der Waals surface area contributed by atoms with Crippen LogP contribution in [-0.4, -0.2) is 55.8 Å². The third kappa shape index (κ3) is 8.24. The number of hydrogen-bond acceptors (Lipinski definition) is 6. The van der Waals surface area contributed by atoms with Crippen LogP contribution in [-0.2, 0) is 20.7 Å². The second-order valence-corrected chi connectivity index (χ2v) is 15.5. The van der Waals surface area contributed by atoms with Crippen LogP contribution in [0, 0.1) is 18.8 Å². The minimum absolute atomic E-state index is 0.00189. The summed E-state index contributed by atoms with van der Waals surface area (Å²) in [5, 5.41) is 6.71. The molecule has 3 aromatic carbocycles. The Balaban J connectivity index is 1.24. The summed E-state index contributed by atoms with van der Waals surface area (Å²) >= 11 is 0. The maximum Gasteiger partial charge on any atom is 0.407 e. The summed E-state index contributed by atoms with van der Waals surface area (Å²) in [6.07, 6.45) is 2.29. The van der Waals surface area contributed by atoms with Crippen LogP contribution < -0.4 is 27.2 Å². The standard InChI is InChI=1S/C40H49N7O6/c1-22(2)47-37(50)30-17-23(3)29(20-32(30)45-47)26-11-7-24(8-12-26)18-34(35(41)48)46(28-15-16-31-33(19-28)44-38(51)43-31)36(49)27-13-9-25(10-14-27)21-42-39(52)53-40(4,5)6/h7-8,11-12,15-17,19-20,22,25,27,34,45H,9-10,13-14,18,21H2,1-6H3,(H2,41,48)(H,42,52)(H2,43,44,51)/t25-,27-,34-/m0/s1. The van der Waals surface area contributed by atoms with Gasteiger partial charge in [-0.3, -0.25) is 24.4 Å². The molecule has 1 saturated carbocycles. The molecule has 3 amide bonds. The lowest BCUT2D eigenvalue weighted by atomic mass is 9.81. The molecule has 1 fully saturated rings. The largest absolute Gasteiger partial charge is 0.444 e. The van der Waals surface area contributed by atoms with Gasteiger partial charge in [-0.1, -0.05) is 24.3 Å². The molecular weight excluding hydrogens is 674 g/mol. The number of aromatic nitrogens is 4. The number of aryl methyl sites for hydroxylation is 1. The van der Waals surface area contributed by atoms with E-state index in [0.29, 0.717) is 54.3 Å². The van der Waals surface area contributed by atoms with Crippen molar-refractivity contribution < 1.29 is 19.1 Å². The van der Waals surface area contributed by atoms with Gasteiger partial charge in [0.05, 0.1) is 21.9 Å². The molecule has 2 heterocycles. The molecule has 53 heavy (non-hydrogen) atoms. The number of primary amides is 1. The third-order valence-electron chi connectivity index (χ3n) is 10.1. The topological polar surface area (TPSA) is 188 Å². The Kier molecular flexibility index (Phi) is 10.4. The number of nitrogens with two attached hydrogens (primary N) is 1. The van der Waals surface area contributed by atoms with Crippen molar-refractivity contribution in [1.82, 2.24) is 25.1 Å². The quantitative estimate of drug-likeness (QED) is 0.121. The van der Waals surface area contributed by atoms with Gasteiger partial charge in [-0.25, -0.2) is 14.3 Å². The number of nitrogens with zero attached hydrogens (tertiary/aromatic N) is 2. The Bertz CT molecular complexity index is 2260. The number of carbonyl (C=O) groups excluding carboxylic acids is 3. The number of fused-ring (bicyclic) bond motifs is 2. The van der Waals surface area contributed by atoms with Crippen molar-refractivity contribution in [2.45, 2.75) is 91.3 Å². The zero-order valence-corrected chi connectivity index (χ0v) is 31.2. The van der Waals surface area contributed by atoms with Crippen LogP contribution in [0.2, 0.25) is 0 Å². The molecule has 1 atom stereocenters. The molecule has 0 saturated heterocycles. The lowest BCUT2D eigenvalue weighted by Gasteiger charge is -2.36. The highest BCUT2D eigenvalue weighted by Crippen LogP contribution is 2.34. The number of anilines is 1. The van der Waals surface area contributed by atoms with E-state index in [0.717, 1.165) is 27.8 Å². The van der Waals surface area contributed by atoms with Crippen LogP contribution in [0.1, 0.15) is 77.5 Å². The van der Waals surface area contributed by atoms with E-state index in [1.807, 2.05) is 77.9 Å². The number of hydrogen-bond donors (Lipinski definition) is 5. The first-order valence-electron chi connectivity index (χ1n) is 18.2. The molecule has 280 valence electrons. The van der Waals surface area contributed by atoms with Gasteiger partial charge in [-0.05, 0) is 126 Å². The molecule has 5 aromatic rings. The molecule has 1 aliphatic carbocycles. The van der Waals surface area contributed by atoms with Gasteiger partial charge in [0, 0.05) is 30.6 Å². The molecule has 0 bridgehead atoms. The van der Waals surface area contributed by atoms with E-state index in [1.54, 1.807) is 22.9 Å². The molecular formula is C40H49N7O6. The number of H-pyrrole nitrogens is 3. The van der Waals surface area contributed by atoms with Gasteiger partial charge in [-0.15, -0.1) is 0 Å². The second-order valence-electron chi connectivity index (χ2n) is 15.5. The predicted octanol–water partition coefficient (Wildman–Crippen LogP) is 5.82. The number of alkyl carbamates (subject to hydrolysis) is 1. The fourth-order valence-electron chi connectivity index (χ4n) is 7.31. The highest BCUT2D eigenvalue weighted by molar-refractivity contribution is 6.02. The molecule has 0 radical (unpaired) electrons. The van der Waals surface area contributed by atoms with E-state index < -0.39 is 23.6 Å². The van der Waals surface area contributed by atoms with Gasteiger partial charge < -0.3 is 25.8 Å². The minimum Gasteiger partial charge on any atom is -0.444 e. The van der Waals surface area contributed by atoms with E-state index in [4.69, 9.17) is 10.5 Å². The average molecular weight is 724 g/mol. The maximum absolute atomic E-state index is 14.5. The van der Waals surface area contributed by atoms with Crippen LogP contribution in [0.5, 0.6) is 0 Å². The van der Waals surface area contributed by atoms with Crippen molar-refractivity contribution in [3.05, 3.63) is 86.6 Å². The zero-order valence-electron chi connectivity index (χ0n) is 31.2. The average Bonchev–Trinajstić information content (AvgIpc) is 3.64. The summed E-state index contributed by atoms with van der Waals surface area (Å²) in [5.74, 6) is -1.05. The second kappa shape index (κ2) is 14.8. The van der Waals surface area contributed by atoms with Gasteiger partial charge in [0.25, 0.3) is 5.56 Å². The number of benzene rings is 3. The van der Waals surface area contributed by atoms with Crippen LogP contribution in [0.4, 0.5) is 10.5 Å². The van der Waals surface area contributed by atoms with Gasteiger partial charge in [0.15, 0.2) is 0 Å². The molecule has 13 heteroatoms. The summed E-state index contributed by atoms with van der Waals surface area (Å²) in [4.78, 5) is 71.9. The van der Waals surface area contributed by atoms with Gasteiger partial charge in [-0.2, -0.15) is 0 Å². The number of nitrogens with one attached hydrogen (secondary N) is 4. The number of amides is 3. The molecule has 6 N–H and O–H groups in total. The summed E-state index contributed by atoms with van der Waals surface area (Å²) in [6, 6.07) is 15.8. The number of ether oxygens (including phenoxy) is 1. The van der Waals surface area contributed by atoms with Crippen LogP contribution >= 0.6 is 0 Å². The van der Waals surface area contributed by atoms with Crippen molar-refractivity contribution in [1.29, 1.82) is 0 Å². The fraction of sp³-hybridized carbons (Fsp3) is 0.425. The Morgan fingerprint density at radius 3 is 2.26 bits per heavy atom. The van der Waals surface area contributed by atoms with Gasteiger partial charge in [0.2, 0.25) is 11.8 Å². The lowest BCUT2D eigenvalue weighted by molar-refractivity contribution is -0.127. The summed E-state index contributed by atoms with van der Waals surface area (Å²) in [6.45, 7) is 11.8. The molecule has 1 aliphatic rings. The van der Waals surface area contributed by atoms with E-state index >= 15 is 0 Å². The monoisotopic (exact) mass is 723 g/mol. The van der Waals surface area contributed by atoms with Crippen LogP contribution in [0.25, 0.3) is 33.1 Å². The highest BCUT2D eigenvalue weighted by Gasteiger charge is 2.36. The predicted molar refractivity (Wildman–Crippen MR) is 206 cm³/mol. The van der Waals surface area contributed by atoms with Crippen molar-refractivity contribution in [2.75, 3.05) is 11.4 Å². The number of rotatable bonds is 10. The minimum atomic E-state index is -1.01. The molecule has 0 spiro atoms. The first-order chi connectivity index (χ1) is 25.1. The highest BCUT2D eigenvalue weighted by atomic mass is 16.6. The molecule has 13 nitrogen and oxygen atoms in total. The van der Waals surface area contributed by atoms with Crippen molar-refractivity contribution in [3.8, 4) is 11.1 Å². The number of imidazole rings is 1. The summed E-state index contributed by atoms with van der Waals surface area (Å²) in [7, 11) is 0. The molecule has 0 aliphatic heterocycles. The zero-order chi connectivity index (χ0) is 38.2. The lowest BCUT2D eigenvalue weighted by Crippen LogP contribution is -2.52. The van der Waals surface area contributed by atoms with Crippen molar-refractivity contribution >= 4 is 45.5 Å². The Labute approximate surface area is 307 Å². The Morgan fingerprint density at radius 2 is 1.62 bits per heavy atom. The molecule has 6 rings (SSSR count). The first kappa shape index (κ1) is 37.2. The van der Waals surface area contributed by atoms with Gasteiger partial charge >= 0.3 is 11.8 Å². The Morgan fingerprint density at radius 1 is 0.943 bits per heavy atom. The van der Waals surface area contributed by atoms with Gasteiger partial charge in [0.1, 0.15) is 11.6 Å². The number of carbonyl (C=O) groups is 3.